The van der Waals surface area contributed by atoms with Crippen LogP contribution in [0.4, 0.5) is 11.4 Å². The molecule has 1 heterocycles. The first kappa shape index (κ1) is 19.5. The van der Waals surface area contributed by atoms with Crippen molar-refractivity contribution in [1.82, 2.24) is 0 Å². The second-order valence-electron chi connectivity index (χ2n) is 9.46. The zero-order chi connectivity index (χ0) is 23.6. The van der Waals surface area contributed by atoms with Gasteiger partial charge in [0.1, 0.15) is 11.2 Å². The van der Waals surface area contributed by atoms with Gasteiger partial charge in [-0.3, -0.25) is 0 Å². The van der Waals surface area contributed by atoms with Gasteiger partial charge in [-0.15, -0.1) is 0 Å². The minimum atomic E-state index is 0.924. The quantitative estimate of drug-likeness (QED) is 0.284. The second-order valence-corrected chi connectivity index (χ2v) is 9.46. The molecule has 0 spiro atoms. The molecule has 0 atom stereocenters. The molecule has 6 aromatic carbocycles. The van der Waals surface area contributed by atoms with Crippen molar-refractivity contribution in [3.8, 4) is 33.4 Å². The first-order valence-electron chi connectivity index (χ1n) is 12.3. The summed E-state index contributed by atoms with van der Waals surface area (Å²) in [7, 11) is 0. The van der Waals surface area contributed by atoms with E-state index >= 15 is 0 Å². The number of hydrogen-bond donors (Lipinski definition) is 1. The zero-order valence-electron chi connectivity index (χ0n) is 19.5. The molecule has 2 heteroatoms. The van der Waals surface area contributed by atoms with Crippen molar-refractivity contribution in [3.05, 3.63) is 121 Å². The first-order chi connectivity index (χ1) is 17.8. The standard InChI is InChI=1S/C34H21NO/c1-2-9-27-26(8-1)29-12-5-7-22-19-24(20-31(27)33(22)29)35-23-17-15-21(16-18-23)25-11-6-13-30-28-10-3-4-14-32(28)36-34(25)30/h1-20,35H. The molecule has 0 amide bonds. The first-order valence-corrected chi connectivity index (χ1v) is 12.3. The van der Waals surface area contributed by atoms with Gasteiger partial charge in [-0.25, -0.2) is 0 Å². The van der Waals surface area contributed by atoms with E-state index in [1.54, 1.807) is 0 Å². The molecule has 1 N–H and O–H groups in total. The topological polar surface area (TPSA) is 25.2 Å². The Hall–Kier alpha value is -4.82. The van der Waals surface area contributed by atoms with Gasteiger partial charge in [0, 0.05) is 27.7 Å². The normalized spacial score (nSPS) is 11.9. The fourth-order valence-electron chi connectivity index (χ4n) is 5.76. The molecule has 0 fully saturated rings. The predicted molar refractivity (Wildman–Crippen MR) is 151 cm³/mol. The maximum absolute atomic E-state index is 6.25. The van der Waals surface area contributed by atoms with Crippen molar-refractivity contribution < 1.29 is 4.42 Å². The molecular formula is C34H21NO. The Labute approximate surface area is 208 Å². The zero-order valence-corrected chi connectivity index (χ0v) is 19.5. The summed E-state index contributed by atoms with van der Waals surface area (Å²) in [6.07, 6.45) is 0. The number of benzene rings is 6. The second kappa shape index (κ2) is 7.34. The average Bonchev–Trinajstić information content (AvgIpc) is 3.47. The van der Waals surface area contributed by atoms with Crippen LogP contribution in [0.25, 0.3) is 66.1 Å². The number of rotatable bonds is 3. The van der Waals surface area contributed by atoms with Gasteiger partial charge >= 0.3 is 0 Å². The smallest absolute Gasteiger partial charge is 0.143 e. The number of anilines is 2. The van der Waals surface area contributed by atoms with Crippen LogP contribution in [-0.4, -0.2) is 0 Å². The summed E-state index contributed by atoms with van der Waals surface area (Å²) in [6, 6.07) is 43.0. The summed E-state index contributed by atoms with van der Waals surface area (Å²) < 4.78 is 6.25. The minimum Gasteiger partial charge on any atom is -0.455 e. The fourth-order valence-corrected chi connectivity index (χ4v) is 5.76. The summed E-state index contributed by atoms with van der Waals surface area (Å²) in [6.45, 7) is 0. The van der Waals surface area contributed by atoms with E-state index in [2.05, 4.69) is 115 Å². The highest BCUT2D eigenvalue weighted by molar-refractivity contribution is 6.16. The van der Waals surface area contributed by atoms with Gasteiger partial charge in [0.25, 0.3) is 0 Å². The number of furan rings is 1. The van der Waals surface area contributed by atoms with Crippen molar-refractivity contribution in [2.24, 2.45) is 0 Å². The maximum Gasteiger partial charge on any atom is 0.143 e. The molecule has 0 unspecified atom stereocenters. The lowest BCUT2D eigenvalue weighted by molar-refractivity contribution is 0.670. The van der Waals surface area contributed by atoms with Crippen LogP contribution in [0.15, 0.2) is 126 Å². The summed E-state index contributed by atoms with van der Waals surface area (Å²) in [5.74, 6) is 0. The van der Waals surface area contributed by atoms with E-state index in [1.807, 2.05) is 12.1 Å². The van der Waals surface area contributed by atoms with Crippen LogP contribution in [-0.2, 0) is 0 Å². The minimum absolute atomic E-state index is 0.924. The van der Waals surface area contributed by atoms with E-state index in [-0.39, 0.29) is 0 Å². The van der Waals surface area contributed by atoms with Crippen LogP contribution in [0, 0.1) is 0 Å². The van der Waals surface area contributed by atoms with Gasteiger partial charge in [-0.05, 0) is 68.9 Å². The molecule has 36 heavy (non-hydrogen) atoms. The maximum atomic E-state index is 6.25. The van der Waals surface area contributed by atoms with Gasteiger partial charge in [0.05, 0.1) is 0 Å². The molecule has 0 radical (unpaired) electrons. The van der Waals surface area contributed by atoms with Crippen LogP contribution < -0.4 is 5.32 Å². The Balaban J connectivity index is 1.17. The Bertz CT molecular complexity index is 1960. The van der Waals surface area contributed by atoms with Gasteiger partial charge in [-0.1, -0.05) is 91.0 Å². The van der Waals surface area contributed by atoms with E-state index in [1.165, 1.54) is 33.0 Å². The van der Waals surface area contributed by atoms with Crippen LogP contribution in [0.1, 0.15) is 0 Å². The Morgan fingerprint density at radius 3 is 2.06 bits per heavy atom. The monoisotopic (exact) mass is 459 g/mol. The van der Waals surface area contributed by atoms with Crippen LogP contribution in [0.5, 0.6) is 0 Å². The summed E-state index contributed by atoms with van der Waals surface area (Å²) in [5.41, 5.74) is 11.5. The van der Waals surface area contributed by atoms with Gasteiger partial charge in [-0.2, -0.15) is 0 Å². The van der Waals surface area contributed by atoms with Crippen molar-refractivity contribution in [3.63, 3.8) is 0 Å². The highest BCUT2D eigenvalue weighted by Crippen LogP contribution is 2.48. The highest BCUT2D eigenvalue weighted by atomic mass is 16.3. The lowest BCUT2D eigenvalue weighted by Crippen LogP contribution is -1.91. The van der Waals surface area contributed by atoms with Gasteiger partial charge in [0.15, 0.2) is 0 Å². The van der Waals surface area contributed by atoms with Crippen LogP contribution in [0.3, 0.4) is 0 Å². The third-order valence-electron chi connectivity index (χ3n) is 7.37. The molecule has 0 aliphatic heterocycles. The molecule has 1 aromatic heterocycles. The Morgan fingerprint density at radius 2 is 1.17 bits per heavy atom. The van der Waals surface area contributed by atoms with E-state index < -0.39 is 0 Å². The van der Waals surface area contributed by atoms with Crippen molar-refractivity contribution >= 4 is 44.1 Å². The highest BCUT2D eigenvalue weighted by Gasteiger charge is 2.21. The van der Waals surface area contributed by atoms with Crippen molar-refractivity contribution in [1.29, 1.82) is 0 Å². The number of para-hydroxylation sites is 2. The molecule has 8 rings (SSSR count). The Morgan fingerprint density at radius 1 is 0.472 bits per heavy atom. The average molecular weight is 460 g/mol. The predicted octanol–water partition coefficient (Wildman–Crippen LogP) is 9.80. The van der Waals surface area contributed by atoms with E-state index in [0.29, 0.717) is 0 Å². The number of fused-ring (bicyclic) bond motifs is 6. The Kier molecular flexibility index (Phi) is 3.97. The fraction of sp³-hybridized carbons (Fsp3) is 0. The van der Waals surface area contributed by atoms with Gasteiger partial charge < -0.3 is 9.73 Å². The van der Waals surface area contributed by atoms with Gasteiger partial charge in [0.2, 0.25) is 0 Å². The number of nitrogens with one attached hydrogen (secondary N) is 1. The van der Waals surface area contributed by atoms with E-state index in [0.717, 1.165) is 44.4 Å². The molecule has 0 bridgehead atoms. The molecule has 0 saturated carbocycles. The van der Waals surface area contributed by atoms with E-state index in [9.17, 15) is 0 Å². The molecular weight excluding hydrogens is 438 g/mol. The molecule has 1 aliphatic rings. The van der Waals surface area contributed by atoms with E-state index in [4.69, 9.17) is 4.42 Å². The van der Waals surface area contributed by atoms with Crippen LogP contribution >= 0.6 is 0 Å². The largest absolute Gasteiger partial charge is 0.455 e. The summed E-state index contributed by atoms with van der Waals surface area (Å²) in [4.78, 5) is 0. The number of hydrogen-bond acceptors (Lipinski definition) is 2. The molecule has 168 valence electrons. The molecule has 1 aliphatic carbocycles. The summed E-state index contributed by atoms with van der Waals surface area (Å²) >= 11 is 0. The molecule has 2 nitrogen and oxygen atoms in total. The van der Waals surface area contributed by atoms with Crippen molar-refractivity contribution in [2.75, 3.05) is 5.32 Å². The van der Waals surface area contributed by atoms with Crippen molar-refractivity contribution in [2.45, 2.75) is 0 Å². The SMILES string of the molecule is c1ccc2c(c1)-c1cccc3cc(Nc4ccc(-c5cccc6c5oc5ccccc56)cc4)cc-2c13. The summed E-state index contributed by atoms with van der Waals surface area (Å²) in [5, 5.41) is 8.55. The lowest BCUT2D eigenvalue weighted by atomic mass is 10.0. The third kappa shape index (κ3) is 2.79. The molecule has 0 saturated heterocycles. The lowest BCUT2D eigenvalue weighted by Gasteiger charge is -2.11. The molecule has 7 aromatic rings. The van der Waals surface area contributed by atoms with Crippen LogP contribution in [0.2, 0.25) is 0 Å². The third-order valence-corrected chi connectivity index (χ3v) is 7.37.